The second-order valence-electron chi connectivity index (χ2n) is 7.80. The molecule has 130 valence electrons. The molecule has 0 aromatic heterocycles. The van der Waals surface area contributed by atoms with Crippen molar-refractivity contribution in [2.24, 2.45) is 11.3 Å². The molecular formula is C17H30N4O2. The van der Waals surface area contributed by atoms with Crippen molar-refractivity contribution in [1.82, 2.24) is 20.0 Å². The number of piperidine rings is 1. The van der Waals surface area contributed by atoms with Gasteiger partial charge in [-0.15, -0.1) is 0 Å². The standard InChI is InChI=1S/C17H30N4O2/c1-19(2)9-10-21-12-14(11-15(21)22)16(23)20-7-4-17(5-8-20)3-6-18-13-17/h14,18H,3-13H2,1-2H3. The first-order valence-electron chi connectivity index (χ1n) is 8.91. The lowest BCUT2D eigenvalue weighted by atomic mass is 9.77. The molecule has 1 unspecified atom stereocenters. The average Bonchev–Trinajstić information content (AvgIpc) is 3.12. The van der Waals surface area contributed by atoms with Gasteiger partial charge in [-0.3, -0.25) is 9.59 Å². The Balaban J connectivity index is 1.50. The molecule has 0 aromatic carbocycles. The average molecular weight is 322 g/mol. The number of likely N-dealkylation sites (N-methyl/N-ethyl adjacent to an activating group) is 1. The monoisotopic (exact) mass is 322 g/mol. The molecule has 0 aromatic rings. The topological polar surface area (TPSA) is 55.9 Å². The van der Waals surface area contributed by atoms with Crippen molar-refractivity contribution in [2.75, 3.05) is 59.9 Å². The van der Waals surface area contributed by atoms with E-state index < -0.39 is 0 Å². The molecule has 6 heteroatoms. The van der Waals surface area contributed by atoms with Gasteiger partial charge < -0.3 is 20.0 Å². The molecule has 6 nitrogen and oxygen atoms in total. The maximum atomic E-state index is 12.8. The van der Waals surface area contributed by atoms with E-state index in [-0.39, 0.29) is 17.7 Å². The first-order chi connectivity index (χ1) is 11.0. The number of nitrogens with one attached hydrogen (secondary N) is 1. The van der Waals surface area contributed by atoms with E-state index in [1.807, 2.05) is 23.9 Å². The highest BCUT2D eigenvalue weighted by molar-refractivity contribution is 5.89. The molecule has 2 amide bonds. The van der Waals surface area contributed by atoms with Gasteiger partial charge in [0.05, 0.1) is 5.92 Å². The number of hydrogen-bond donors (Lipinski definition) is 1. The summed E-state index contributed by atoms with van der Waals surface area (Å²) in [6.07, 6.45) is 3.86. The molecule has 3 heterocycles. The molecule has 3 fully saturated rings. The van der Waals surface area contributed by atoms with Gasteiger partial charge in [0, 0.05) is 45.7 Å². The largest absolute Gasteiger partial charge is 0.342 e. The SMILES string of the molecule is CN(C)CCN1CC(C(=O)N2CCC3(CCNC3)CC2)CC1=O. The van der Waals surface area contributed by atoms with Crippen molar-refractivity contribution in [3.05, 3.63) is 0 Å². The van der Waals surface area contributed by atoms with E-state index >= 15 is 0 Å². The van der Waals surface area contributed by atoms with Crippen molar-refractivity contribution >= 4 is 11.8 Å². The van der Waals surface area contributed by atoms with E-state index in [0.29, 0.717) is 18.4 Å². The van der Waals surface area contributed by atoms with Crippen LogP contribution in [0.2, 0.25) is 0 Å². The second-order valence-corrected chi connectivity index (χ2v) is 7.80. The van der Waals surface area contributed by atoms with Gasteiger partial charge in [-0.2, -0.15) is 0 Å². The summed E-state index contributed by atoms with van der Waals surface area (Å²) < 4.78 is 0. The lowest BCUT2D eigenvalue weighted by Crippen LogP contribution is -2.46. The van der Waals surface area contributed by atoms with Crippen LogP contribution in [0, 0.1) is 11.3 Å². The quantitative estimate of drug-likeness (QED) is 0.791. The Morgan fingerprint density at radius 1 is 1.30 bits per heavy atom. The second kappa shape index (κ2) is 6.77. The smallest absolute Gasteiger partial charge is 0.227 e. The van der Waals surface area contributed by atoms with Gasteiger partial charge in [0.2, 0.25) is 11.8 Å². The number of likely N-dealkylation sites (tertiary alicyclic amines) is 2. The Hall–Kier alpha value is -1.14. The van der Waals surface area contributed by atoms with Crippen molar-refractivity contribution in [3.63, 3.8) is 0 Å². The Labute approximate surface area is 139 Å². The number of amides is 2. The fourth-order valence-electron chi connectivity index (χ4n) is 4.16. The summed E-state index contributed by atoms with van der Waals surface area (Å²) in [6, 6.07) is 0. The molecule has 3 saturated heterocycles. The minimum atomic E-state index is -0.125. The van der Waals surface area contributed by atoms with Crippen LogP contribution in [-0.4, -0.2) is 86.4 Å². The fraction of sp³-hybridized carbons (Fsp3) is 0.882. The number of carbonyl (C=O) groups excluding carboxylic acids is 2. The minimum Gasteiger partial charge on any atom is -0.342 e. The molecule has 1 N–H and O–H groups in total. The highest BCUT2D eigenvalue weighted by Crippen LogP contribution is 2.37. The highest BCUT2D eigenvalue weighted by Gasteiger charge is 2.41. The third-order valence-corrected chi connectivity index (χ3v) is 5.85. The van der Waals surface area contributed by atoms with Crippen molar-refractivity contribution in [1.29, 1.82) is 0 Å². The van der Waals surface area contributed by atoms with Crippen molar-refractivity contribution in [2.45, 2.75) is 25.7 Å². The van der Waals surface area contributed by atoms with Crippen LogP contribution in [0.15, 0.2) is 0 Å². The molecular weight excluding hydrogens is 292 g/mol. The normalized spacial score (nSPS) is 27.4. The lowest BCUT2D eigenvalue weighted by molar-refractivity contribution is -0.138. The van der Waals surface area contributed by atoms with Gasteiger partial charge >= 0.3 is 0 Å². The van der Waals surface area contributed by atoms with E-state index in [1.54, 1.807) is 0 Å². The molecule has 3 aliphatic rings. The van der Waals surface area contributed by atoms with Crippen LogP contribution in [0.1, 0.15) is 25.7 Å². The third kappa shape index (κ3) is 3.69. The molecule has 23 heavy (non-hydrogen) atoms. The molecule has 3 aliphatic heterocycles. The zero-order valence-corrected chi connectivity index (χ0v) is 14.5. The Kier molecular flexibility index (Phi) is 4.92. The van der Waals surface area contributed by atoms with E-state index in [9.17, 15) is 9.59 Å². The zero-order valence-electron chi connectivity index (χ0n) is 14.5. The van der Waals surface area contributed by atoms with Crippen LogP contribution in [-0.2, 0) is 9.59 Å². The number of carbonyl (C=O) groups is 2. The van der Waals surface area contributed by atoms with E-state index in [0.717, 1.165) is 52.1 Å². The predicted octanol–water partition coefficient (Wildman–Crippen LogP) is -0.00140. The molecule has 0 radical (unpaired) electrons. The summed E-state index contributed by atoms with van der Waals surface area (Å²) in [5.41, 5.74) is 0.431. The molecule has 1 atom stereocenters. The zero-order chi connectivity index (χ0) is 16.4. The highest BCUT2D eigenvalue weighted by atomic mass is 16.2. The van der Waals surface area contributed by atoms with Crippen LogP contribution in [0.5, 0.6) is 0 Å². The first kappa shape index (κ1) is 16.7. The van der Waals surface area contributed by atoms with Gasteiger partial charge in [-0.1, -0.05) is 0 Å². The van der Waals surface area contributed by atoms with Gasteiger partial charge in [0.25, 0.3) is 0 Å². The fourth-order valence-corrected chi connectivity index (χ4v) is 4.16. The van der Waals surface area contributed by atoms with E-state index in [4.69, 9.17) is 0 Å². The van der Waals surface area contributed by atoms with Gasteiger partial charge in [-0.25, -0.2) is 0 Å². The molecule has 1 spiro atoms. The van der Waals surface area contributed by atoms with Crippen LogP contribution in [0.25, 0.3) is 0 Å². The summed E-state index contributed by atoms with van der Waals surface area (Å²) in [6.45, 7) is 6.14. The van der Waals surface area contributed by atoms with Gasteiger partial charge in [0.1, 0.15) is 0 Å². The predicted molar refractivity (Wildman–Crippen MR) is 89.0 cm³/mol. The lowest BCUT2D eigenvalue weighted by Gasteiger charge is -2.39. The summed E-state index contributed by atoms with van der Waals surface area (Å²) >= 11 is 0. The summed E-state index contributed by atoms with van der Waals surface area (Å²) in [4.78, 5) is 30.8. The van der Waals surface area contributed by atoms with Crippen LogP contribution in [0.4, 0.5) is 0 Å². The Bertz CT molecular complexity index is 450. The van der Waals surface area contributed by atoms with E-state index in [1.165, 1.54) is 6.42 Å². The molecule has 0 saturated carbocycles. The Morgan fingerprint density at radius 3 is 2.65 bits per heavy atom. The maximum Gasteiger partial charge on any atom is 0.227 e. The van der Waals surface area contributed by atoms with Crippen LogP contribution >= 0.6 is 0 Å². The molecule has 0 bridgehead atoms. The van der Waals surface area contributed by atoms with Crippen molar-refractivity contribution in [3.8, 4) is 0 Å². The maximum absolute atomic E-state index is 12.8. The van der Waals surface area contributed by atoms with Crippen molar-refractivity contribution < 1.29 is 9.59 Å². The third-order valence-electron chi connectivity index (χ3n) is 5.85. The van der Waals surface area contributed by atoms with Gasteiger partial charge in [0.15, 0.2) is 0 Å². The van der Waals surface area contributed by atoms with Gasteiger partial charge in [-0.05, 0) is 45.3 Å². The van der Waals surface area contributed by atoms with E-state index in [2.05, 4.69) is 10.2 Å². The summed E-state index contributed by atoms with van der Waals surface area (Å²) in [5.74, 6) is 0.214. The number of rotatable bonds is 4. The minimum absolute atomic E-state index is 0.125. The Morgan fingerprint density at radius 2 is 2.04 bits per heavy atom. The summed E-state index contributed by atoms with van der Waals surface area (Å²) in [7, 11) is 4.01. The van der Waals surface area contributed by atoms with Crippen LogP contribution < -0.4 is 5.32 Å². The first-order valence-corrected chi connectivity index (χ1v) is 8.91. The summed E-state index contributed by atoms with van der Waals surface area (Å²) in [5, 5.41) is 3.46. The number of hydrogen-bond acceptors (Lipinski definition) is 4. The molecule has 0 aliphatic carbocycles. The van der Waals surface area contributed by atoms with Crippen LogP contribution in [0.3, 0.4) is 0 Å². The molecule has 3 rings (SSSR count). The number of nitrogens with zero attached hydrogens (tertiary/aromatic N) is 3.